The van der Waals surface area contributed by atoms with E-state index < -0.39 is 0 Å². The van der Waals surface area contributed by atoms with Crippen LogP contribution in [0.5, 0.6) is 0 Å². The minimum atomic E-state index is 0.497. The molecule has 0 saturated carbocycles. The van der Waals surface area contributed by atoms with Gasteiger partial charge in [-0.05, 0) is 19.4 Å². The van der Waals surface area contributed by atoms with Gasteiger partial charge in [0.25, 0.3) is 0 Å². The summed E-state index contributed by atoms with van der Waals surface area (Å²) in [5, 5.41) is 3.45. The van der Waals surface area contributed by atoms with E-state index >= 15 is 0 Å². The van der Waals surface area contributed by atoms with Crippen LogP contribution in [0.25, 0.3) is 0 Å². The number of hydrogen-bond acceptors (Lipinski definition) is 3. The second-order valence-electron chi connectivity index (χ2n) is 4.91. The highest BCUT2D eigenvalue weighted by Gasteiger charge is 2.12. The van der Waals surface area contributed by atoms with Crippen LogP contribution in [0.2, 0.25) is 0 Å². The van der Waals surface area contributed by atoms with E-state index in [1.807, 2.05) is 12.4 Å². The maximum atomic E-state index is 4.22. The topological polar surface area (TPSA) is 28.2 Å². The second-order valence-corrected chi connectivity index (χ2v) is 4.91. The number of anilines is 1. The summed E-state index contributed by atoms with van der Waals surface area (Å²) in [6, 6.07) is 3.15. The second kappa shape index (κ2) is 6.60. The number of rotatable bonds is 6. The first kappa shape index (κ1) is 14.0. The molecule has 3 nitrogen and oxygen atoms in total. The first-order chi connectivity index (χ1) is 8.06. The van der Waals surface area contributed by atoms with Gasteiger partial charge in [0, 0.05) is 49.3 Å². The zero-order valence-electron chi connectivity index (χ0n) is 11.7. The third kappa shape index (κ3) is 4.00. The Bertz CT molecular complexity index is 336. The van der Waals surface area contributed by atoms with Gasteiger partial charge in [0.05, 0.1) is 0 Å². The van der Waals surface area contributed by atoms with Gasteiger partial charge in [0.1, 0.15) is 0 Å². The molecule has 0 bridgehead atoms. The van der Waals surface area contributed by atoms with Crippen molar-refractivity contribution in [2.75, 3.05) is 11.9 Å². The normalized spacial score (nSPS) is 12.8. The predicted molar refractivity (Wildman–Crippen MR) is 74.4 cm³/mol. The summed E-state index contributed by atoms with van der Waals surface area (Å²) in [6.45, 7) is 9.67. The van der Waals surface area contributed by atoms with Crippen LogP contribution in [-0.4, -0.2) is 24.1 Å². The first-order valence-corrected chi connectivity index (χ1v) is 6.45. The summed E-state index contributed by atoms with van der Waals surface area (Å²) in [4.78, 5) is 6.56. The van der Waals surface area contributed by atoms with Crippen LogP contribution in [0.1, 0.15) is 39.7 Å². The number of nitrogens with zero attached hydrogens (tertiary/aromatic N) is 2. The van der Waals surface area contributed by atoms with Gasteiger partial charge in [0.2, 0.25) is 0 Å². The lowest BCUT2D eigenvalue weighted by Gasteiger charge is -2.28. The molecule has 1 N–H and O–H groups in total. The molecule has 17 heavy (non-hydrogen) atoms. The standard InChI is InChI=1S/C14H25N3/c1-6-12(4)17(5)14-7-8-15-9-13(14)10-16-11(2)3/h7-9,11-12,16H,6,10H2,1-5H3. The molecule has 0 aliphatic heterocycles. The van der Waals surface area contributed by atoms with Crippen molar-refractivity contribution in [3.63, 3.8) is 0 Å². The highest BCUT2D eigenvalue weighted by atomic mass is 15.1. The van der Waals surface area contributed by atoms with Gasteiger partial charge in [-0.3, -0.25) is 4.98 Å². The Labute approximate surface area is 105 Å². The zero-order valence-corrected chi connectivity index (χ0v) is 11.7. The van der Waals surface area contributed by atoms with Crippen molar-refractivity contribution in [3.05, 3.63) is 24.0 Å². The predicted octanol–water partition coefficient (Wildman–Crippen LogP) is 2.81. The lowest BCUT2D eigenvalue weighted by atomic mass is 10.1. The van der Waals surface area contributed by atoms with E-state index in [1.165, 1.54) is 11.3 Å². The highest BCUT2D eigenvalue weighted by molar-refractivity contribution is 5.52. The van der Waals surface area contributed by atoms with Crippen molar-refractivity contribution in [1.29, 1.82) is 0 Å². The number of pyridine rings is 1. The Morgan fingerprint density at radius 3 is 2.65 bits per heavy atom. The molecule has 1 aromatic rings. The fraction of sp³-hybridized carbons (Fsp3) is 0.643. The number of hydrogen-bond donors (Lipinski definition) is 1. The van der Waals surface area contributed by atoms with Crippen molar-refractivity contribution in [2.24, 2.45) is 0 Å². The Morgan fingerprint density at radius 2 is 2.06 bits per heavy atom. The molecule has 3 heteroatoms. The molecule has 96 valence electrons. The number of aromatic nitrogens is 1. The monoisotopic (exact) mass is 235 g/mol. The smallest absolute Gasteiger partial charge is 0.0442 e. The van der Waals surface area contributed by atoms with Crippen LogP contribution < -0.4 is 10.2 Å². The van der Waals surface area contributed by atoms with Crippen LogP contribution in [0.15, 0.2) is 18.5 Å². The molecule has 1 unspecified atom stereocenters. The molecule has 0 saturated heterocycles. The zero-order chi connectivity index (χ0) is 12.8. The SMILES string of the molecule is CCC(C)N(C)c1ccncc1CNC(C)C. The molecule has 0 aliphatic rings. The molecular formula is C14H25N3. The Morgan fingerprint density at radius 1 is 1.35 bits per heavy atom. The first-order valence-electron chi connectivity index (χ1n) is 6.45. The van der Waals surface area contributed by atoms with Gasteiger partial charge in [-0.25, -0.2) is 0 Å². The van der Waals surface area contributed by atoms with E-state index in [4.69, 9.17) is 0 Å². The summed E-state index contributed by atoms with van der Waals surface area (Å²) in [6.07, 6.45) is 4.98. The van der Waals surface area contributed by atoms with E-state index in [1.54, 1.807) is 0 Å². The van der Waals surface area contributed by atoms with Crippen LogP contribution in [0.3, 0.4) is 0 Å². The molecular weight excluding hydrogens is 210 g/mol. The van der Waals surface area contributed by atoms with Gasteiger partial charge in [-0.1, -0.05) is 20.8 Å². The molecule has 1 heterocycles. The molecule has 0 aliphatic carbocycles. The van der Waals surface area contributed by atoms with Crippen molar-refractivity contribution >= 4 is 5.69 Å². The van der Waals surface area contributed by atoms with Gasteiger partial charge in [0.15, 0.2) is 0 Å². The van der Waals surface area contributed by atoms with Crippen LogP contribution in [0.4, 0.5) is 5.69 Å². The molecule has 0 aromatic carbocycles. The van der Waals surface area contributed by atoms with Gasteiger partial charge < -0.3 is 10.2 Å². The minimum absolute atomic E-state index is 0.497. The van der Waals surface area contributed by atoms with Crippen LogP contribution >= 0.6 is 0 Å². The van der Waals surface area contributed by atoms with E-state index in [0.29, 0.717) is 12.1 Å². The van der Waals surface area contributed by atoms with Crippen molar-refractivity contribution in [3.8, 4) is 0 Å². The van der Waals surface area contributed by atoms with Gasteiger partial charge >= 0.3 is 0 Å². The fourth-order valence-corrected chi connectivity index (χ4v) is 1.73. The van der Waals surface area contributed by atoms with Gasteiger partial charge in [-0.15, -0.1) is 0 Å². The minimum Gasteiger partial charge on any atom is -0.372 e. The van der Waals surface area contributed by atoms with Gasteiger partial charge in [-0.2, -0.15) is 0 Å². The summed E-state index contributed by atoms with van der Waals surface area (Å²) >= 11 is 0. The van der Waals surface area contributed by atoms with E-state index in [9.17, 15) is 0 Å². The largest absolute Gasteiger partial charge is 0.372 e. The highest BCUT2D eigenvalue weighted by Crippen LogP contribution is 2.21. The van der Waals surface area contributed by atoms with Crippen LogP contribution in [0, 0.1) is 0 Å². The quantitative estimate of drug-likeness (QED) is 0.822. The Balaban J connectivity index is 2.83. The van der Waals surface area contributed by atoms with Crippen molar-refractivity contribution < 1.29 is 0 Å². The summed E-state index contributed by atoms with van der Waals surface area (Å²) < 4.78 is 0. The average Bonchev–Trinajstić information content (AvgIpc) is 2.34. The van der Waals surface area contributed by atoms with E-state index in [2.05, 4.69) is 56.0 Å². The van der Waals surface area contributed by atoms with E-state index in [-0.39, 0.29) is 0 Å². The molecule has 1 atom stereocenters. The average molecular weight is 235 g/mol. The third-order valence-corrected chi connectivity index (χ3v) is 3.21. The van der Waals surface area contributed by atoms with Crippen molar-refractivity contribution in [2.45, 2.75) is 52.7 Å². The molecule has 0 spiro atoms. The van der Waals surface area contributed by atoms with E-state index in [0.717, 1.165) is 13.0 Å². The lowest BCUT2D eigenvalue weighted by Crippen LogP contribution is -2.30. The molecule has 0 amide bonds. The maximum absolute atomic E-state index is 4.22. The summed E-state index contributed by atoms with van der Waals surface area (Å²) in [5.41, 5.74) is 2.55. The summed E-state index contributed by atoms with van der Waals surface area (Å²) in [7, 11) is 2.16. The molecule has 1 rings (SSSR count). The Kier molecular flexibility index (Phi) is 5.42. The molecule has 0 radical (unpaired) electrons. The fourth-order valence-electron chi connectivity index (χ4n) is 1.73. The lowest BCUT2D eigenvalue weighted by molar-refractivity contribution is 0.584. The van der Waals surface area contributed by atoms with Crippen molar-refractivity contribution in [1.82, 2.24) is 10.3 Å². The maximum Gasteiger partial charge on any atom is 0.0442 e. The molecule has 0 fully saturated rings. The number of nitrogens with one attached hydrogen (secondary N) is 1. The summed E-state index contributed by atoms with van der Waals surface area (Å²) in [5.74, 6) is 0. The molecule has 1 aromatic heterocycles. The third-order valence-electron chi connectivity index (χ3n) is 3.21. The Hall–Kier alpha value is -1.09. The van der Waals surface area contributed by atoms with Crippen LogP contribution in [-0.2, 0) is 6.54 Å².